The van der Waals surface area contributed by atoms with Crippen LogP contribution in [0.2, 0.25) is 0 Å². The lowest BCUT2D eigenvalue weighted by Gasteiger charge is -2.42. The number of aryl methyl sites for hydroxylation is 1. The molecule has 2 aliphatic heterocycles. The number of hydrogen-bond donors (Lipinski definition) is 2. The fraction of sp³-hybridized carbons (Fsp3) is 0.600. The summed E-state index contributed by atoms with van der Waals surface area (Å²) in [6.07, 6.45) is 5.17. The lowest BCUT2D eigenvalue weighted by Crippen LogP contribution is -2.51. The summed E-state index contributed by atoms with van der Waals surface area (Å²) in [5, 5.41) is 13.6. The standard InChI is InChI=1S/C20H30N4O2/c1-14-9-17(24-12-16(13-24)15(2)25)6-7-19(14)20(23-21)11-22-10-18-5-3-4-8-26-18/h6-7,9,11,15-16,18,25H,3-5,8,10,12-13,21H2,1-2H3/b22-11?,23-20+. The highest BCUT2D eigenvalue weighted by atomic mass is 16.5. The maximum absolute atomic E-state index is 9.64. The molecule has 6 heteroatoms. The molecule has 2 aliphatic rings. The molecule has 3 N–H and O–H groups in total. The molecule has 2 saturated heterocycles. The summed E-state index contributed by atoms with van der Waals surface area (Å²) in [5.41, 5.74) is 3.98. The van der Waals surface area contributed by atoms with Gasteiger partial charge in [-0.15, -0.1) is 0 Å². The van der Waals surface area contributed by atoms with Crippen molar-refractivity contribution in [2.45, 2.75) is 45.3 Å². The average molecular weight is 358 g/mol. The lowest BCUT2D eigenvalue weighted by atomic mass is 9.93. The molecular formula is C20H30N4O2. The molecule has 0 amide bonds. The highest BCUT2D eigenvalue weighted by Gasteiger charge is 2.30. The van der Waals surface area contributed by atoms with Crippen LogP contribution in [0, 0.1) is 12.8 Å². The molecule has 3 rings (SSSR count). The number of hydrazone groups is 1. The van der Waals surface area contributed by atoms with Gasteiger partial charge >= 0.3 is 0 Å². The van der Waals surface area contributed by atoms with Crippen LogP contribution in [0.4, 0.5) is 5.69 Å². The molecule has 0 aliphatic carbocycles. The maximum Gasteiger partial charge on any atom is 0.108 e. The third kappa shape index (κ3) is 4.43. The number of aliphatic imine (C=N–C) groups is 1. The van der Waals surface area contributed by atoms with Gasteiger partial charge in [-0.25, -0.2) is 0 Å². The van der Waals surface area contributed by atoms with Crippen LogP contribution in [0.15, 0.2) is 28.3 Å². The van der Waals surface area contributed by atoms with E-state index in [1.165, 1.54) is 12.1 Å². The molecule has 2 atom stereocenters. The van der Waals surface area contributed by atoms with Gasteiger partial charge in [-0.2, -0.15) is 5.10 Å². The second kappa shape index (κ2) is 8.64. The summed E-state index contributed by atoms with van der Waals surface area (Å²) >= 11 is 0. The highest BCUT2D eigenvalue weighted by Crippen LogP contribution is 2.28. The number of aliphatic hydroxyl groups excluding tert-OH is 1. The van der Waals surface area contributed by atoms with Crippen molar-refractivity contribution >= 4 is 17.6 Å². The molecule has 2 fully saturated rings. The van der Waals surface area contributed by atoms with Gasteiger partial charge in [-0.05, 0) is 50.8 Å². The largest absolute Gasteiger partial charge is 0.393 e. The number of ether oxygens (including phenoxy) is 1. The Bertz CT molecular complexity index is 660. The summed E-state index contributed by atoms with van der Waals surface area (Å²) in [4.78, 5) is 6.78. The van der Waals surface area contributed by atoms with Gasteiger partial charge in [0.05, 0.1) is 18.8 Å². The smallest absolute Gasteiger partial charge is 0.108 e. The molecule has 26 heavy (non-hydrogen) atoms. The molecule has 0 radical (unpaired) electrons. The highest BCUT2D eigenvalue weighted by molar-refractivity contribution is 6.38. The first-order valence-electron chi connectivity index (χ1n) is 9.52. The minimum absolute atomic E-state index is 0.218. The molecule has 0 aromatic heterocycles. The van der Waals surface area contributed by atoms with E-state index in [2.05, 4.69) is 40.1 Å². The third-order valence-corrected chi connectivity index (χ3v) is 5.38. The zero-order chi connectivity index (χ0) is 18.5. The van der Waals surface area contributed by atoms with Crippen molar-refractivity contribution < 1.29 is 9.84 Å². The predicted molar refractivity (Wildman–Crippen MR) is 106 cm³/mol. The van der Waals surface area contributed by atoms with E-state index in [1.807, 2.05) is 6.92 Å². The molecule has 2 unspecified atom stereocenters. The zero-order valence-corrected chi connectivity index (χ0v) is 15.8. The Labute approximate surface area is 155 Å². The molecule has 1 aromatic rings. The number of nitrogens with two attached hydrogens (primary N) is 1. The van der Waals surface area contributed by atoms with Crippen molar-refractivity contribution in [3.8, 4) is 0 Å². The number of benzene rings is 1. The van der Waals surface area contributed by atoms with E-state index in [0.717, 1.165) is 43.7 Å². The van der Waals surface area contributed by atoms with E-state index in [0.29, 0.717) is 18.2 Å². The van der Waals surface area contributed by atoms with E-state index in [1.54, 1.807) is 6.21 Å². The van der Waals surface area contributed by atoms with E-state index >= 15 is 0 Å². The summed E-state index contributed by atoms with van der Waals surface area (Å²) in [6.45, 7) is 7.22. The number of nitrogens with zero attached hydrogens (tertiary/aromatic N) is 3. The SMILES string of the molecule is Cc1cc(N2CC(C(C)O)C2)ccc1/C(C=NCC1CCCCO1)=N/N. The zero-order valence-electron chi connectivity index (χ0n) is 15.8. The van der Waals surface area contributed by atoms with Crippen molar-refractivity contribution in [2.24, 2.45) is 21.9 Å². The van der Waals surface area contributed by atoms with Crippen LogP contribution < -0.4 is 10.7 Å². The summed E-state index contributed by atoms with van der Waals surface area (Å²) in [6, 6.07) is 6.29. The van der Waals surface area contributed by atoms with Crippen LogP contribution in [0.25, 0.3) is 0 Å². The fourth-order valence-electron chi connectivity index (χ4n) is 3.54. The van der Waals surface area contributed by atoms with Gasteiger partial charge in [-0.3, -0.25) is 4.99 Å². The monoisotopic (exact) mass is 358 g/mol. The van der Waals surface area contributed by atoms with Crippen LogP contribution in [0.5, 0.6) is 0 Å². The topological polar surface area (TPSA) is 83.4 Å². The van der Waals surface area contributed by atoms with Crippen LogP contribution >= 0.6 is 0 Å². The third-order valence-electron chi connectivity index (χ3n) is 5.38. The fourth-order valence-corrected chi connectivity index (χ4v) is 3.54. The Morgan fingerprint density at radius 1 is 1.42 bits per heavy atom. The minimum atomic E-state index is -0.244. The first-order valence-corrected chi connectivity index (χ1v) is 9.52. The van der Waals surface area contributed by atoms with Crippen molar-refractivity contribution in [1.82, 2.24) is 0 Å². The molecule has 0 bridgehead atoms. The van der Waals surface area contributed by atoms with E-state index in [9.17, 15) is 5.11 Å². The number of aliphatic hydroxyl groups is 1. The number of rotatable bonds is 6. The van der Waals surface area contributed by atoms with Crippen LogP contribution in [0.1, 0.15) is 37.3 Å². The van der Waals surface area contributed by atoms with Gasteiger partial charge in [-0.1, -0.05) is 6.07 Å². The van der Waals surface area contributed by atoms with Gasteiger partial charge in [0.25, 0.3) is 0 Å². The molecule has 0 spiro atoms. The van der Waals surface area contributed by atoms with Gasteiger partial charge in [0.15, 0.2) is 0 Å². The Kier molecular flexibility index (Phi) is 6.27. The summed E-state index contributed by atoms with van der Waals surface area (Å²) in [5.74, 6) is 5.97. The van der Waals surface area contributed by atoms with Crippen molar-refractivity contribution in [1.29, 1.82) is 0 Å². The second-order valence-corrected chi connectivity index (χ2v) is 7.40. The summed E-state index contributed by atoms with van der Waals surface area (Å²) < 4.78 is 5.70. The normalized spacial score (nSPS) is 23.3. The molecule has 6 nitrogen and oxygen atoms in total. The van der Waals surface area contributed by atoms with Crippen molar-refractivity contribution in [3.63, 3.8) is 0 Å². The Balaban J connectivity index is 1.61. The molecule has 142 valence electrons. The number of anilines is 1. The average Bonchev–Trinajstić information content (AvgIpc) is 2.59. The van der Waals surface area contributed by atoms with E-state index in [4.69, 9.17) is 10.6 Å². The maximum atomic E-state index is 9.64. The summed E-state index contributed by atoms with van der Waals surface area (Å²) in [7, 11) is 0. The molecular weight excluding hydrogens is 328 g/mol. The minimum Gasteiger partial charge on any atom is -0.393 e. The van der Waals surface area contributed by atoms with Crippen LogP contribution in [-0.4, -0.2) is 55.5 Å². The van der Waals surface area contributed by atoms with Crippen LogP contribution in [-0.2, 0) is 4.74 Å². The van der Waals surface area contributed by atoms with Crippen LogP contribution in [0.3, 0.4) is 0 Å². The lowest BCUT2D eigenvalue weighted by molar-refractivity contribution is 0.0226. The Hall–Kier alpha value is -1.92. The van der Waals surface area contributed by atoms with Crippen molar-refractivity contribution in [2.75, 3.05) is 31.1 Å². The quantitative estimate of drug-likeness (QED) is 0.463. The first-order chi connectivity index (χ1) is 12.6. The van der Waals surface area contributed by atoms with Gasteiger partial charge in [0.2, 0.25) is 0 Å². The Morgan fingerprint density at radius 2 is 2.23 bits per heavy atom. The van der Waals surface area contributed by atoms with E-state index < -0.39 is 0 Å². The van der Waals surface area contributed by atoms with E-state index in [-0.39, 0.29) is 12.2 Å². The molecule has 0 saturated carbocycles. The predicted octanol–water partition coefficient (Wildman–Crippen LogP) is 2.11. The molecule has 2 heterocycles. The van der Waals surface area contributed by atoms with Gasteiger partial charge < -0.3 is 20.6 Å². The van der Waals surface area contributed by atoms with Crippen molar-refractivity contribution in [3.05, 3.63) is 29.3 Å². The first kappa shape index (κ1) is 18.9. The Morgan fingerprint density at radius 3 is 2.85 bits per heavy atom. The number of hydrogen-bond acceptors (Lipinski definition) is 6. The molecule has 1 aromatic carbocycles. The van der Waals surface area contributed by atoms with Gasteiger partial charge in [0, 0.05) is 43.1 Å². The second-order valence-electron chi connectivity index (χ2n) is 7.40. The van der Waals surface area contributed by atoms with Gasteiger partial charge in [0.1, 0.15) is 5.71 Å².